The molecule has 0 saturated heterocycles. The molecule has 18 heavy (non-hydrogen) atoms. The number of carbonyl (C=O) groups excluding carboxylic acids is 2. The van der Waals surface area contributed by atoms with Crippen molar-refractivity contribution < 1.29 is 9.59 Å². The van der Waals surface area contributed by atoms with Crippen LogP contribution in [0.4, 0.5) is 10.5 Å². The molecule has 0 spiro atoms. The number of nitrogens with two attached hydrogens (primary N) is 1. The Hall–Kier alpha value is -2.04. The molecule has 1 heterocycles. The summed E-state index contributed by atoms with van der Waals surface area (Å²) in [5, 5.41) is 2.85. The molecule has 5 nitrogen and oxygen atoms in total. The number of fused-ring (bicyclic) bond motifs is 1. The molecule has 0 unspecified atom stereocenters. The van der Waals surface area contributed by atoms with Crippen LogP contribution in [0, 0.1) is 5.92 Å². The topological polar surface area (TPSA) is 75.4 Å². The summed E-state index contributed by atoms with van der Waals surface area (Å²) >= 11 is 0. The van der Waals surface area contributed by atoms with Gasteiger partial charge in [0.1, 0.15) is 6.04 Å². The monoisotopic (exact) mass is 247 g/mol. The molecule has 1 aliphatic rings. The van der Waals surface area contributed by atoms with Gasteiger partial charge >= 0.3 is 6.03 Å². The predicted octanol–water partition coefficient (Wildman–Crippen LogP) is 1.54. The average molecular weight is 247 g/mol. The fraction of sp³-hybridized carbons (Fsp3) is 0.385. The minimum absolute atomic E-state index is 0.00631. The third-order valence-corrected chi connectivity index (χ3v) is 3.13. The van der Waals surface area contributed by atoms with Crippen molar-refractivity contribution in [3.63, 3.8) is 0 Å². The SMILES string of the molecule is CC(C)[C@H]1C(=O)Nc2ccccc2CN1C(N)=O. The molecule has 5 heteroatoms. The summed E-state index contributed by atoms with van der Waals surface area (Å²) in [6.45, 7) is 4.15. The summed E-state index contributed by atoms with van der Waals surface area (Å²) in [6, 6.07) is 6.34. The summed E-state index contributed by atoms with van der Waals surface area (Å²) in [4.78, 5) is 25.1. The third kappa shape index (κ3) is 2.16. The van der Waals surface area contributed by atoms with E-state index in [9.17, 15) is 9.59 Å². The van der Waals surface area contributed by atoms with Crippen molar-refractivity contribution in [3.8, 4) is 0 Å². The second-order valence-electron chi connectivity index (χ2n) is 4.80. The number of rotatable bonds is 1. The number of carbonyl (C=O) groups is 2. The number of primary amides is 1. The normalized spacial score (nSPS) is 19.2. The van der Waals surface area contributed by atoms with E-state index < -0.39 is 12.1 Å². The van der Waals surface area contributed by atoms with Crippen molar-refractivity contribution in [3.05, 3.63) is 29.8 Å². The van der Waals surface area contributed by atoms with Gasteiger partial charge in [0.25, 0.3) is 0 Å². The highest BCUT2D eigenvalue weighted by Crippen LogP contribution is 2.25. The van der Waals surface area contributed by atoms with Crippen LogP contribution in [0.25, 0.3) is 0 Å². The molecule has 0 bridgehead atoms. The van der Waals surface area contributed by atoms with Gasteiger partial charge in [-0.05, 0) is 17.5 Å². The van der Waals surface area contributed by atoms with Gasteiger partial charge in [-0.1, -0.05) is 32.0 Å². The fourth-order valence-corrected chi connectivity index (χ4v) is 2.29. The highest BCUT2D eigenvalue weighted by molar-refractivity contribution is 5.98. The van der Waals surface area contributed by atoms with Crippen LogP contribution in [-0.4, -0.2) is 22.9 Å². The van der Waals surface area contributed by atoms with Crippen LogP contribution in [0.1, 0.15) is 19.4 Å². The number of benzene rings is 1. The molecule has 1 aromatic rings. The van der Waals surface area contributed by atoms with Crippen molar-refractivity contribution >= 4 is 17.6 Å². The van der Waals surface area contributed by atoms with Crippen LogP contribution in [0.3, 0.4) is 0 Å². The van der Waals surface area contributed by atoms with Crippen LogP contribution < -0.4 is 11.1 Å². The maximum atomic E-state index is 12.2. The number of para-hydroxylation sites is 1. The molecule has 1 atom stereocenters. The zero-order chi connectivity index (χ0) is 13.3. The minimum atomic E-state index is -0.569. The van der Waals surface area contributed by atoms with Crippen LogP contribution in [-0.2, 0) is 11.3 Å². The van der Waals surface area contributed by atoms with Crippen molar-refractivity contribution in [2.24, 2.45) is 11.7 Å². The Labute approximate surface area is 106 Å². The van der Waals surface area contributed by atoms with Gasteiger partial charge < -0.3 is 16.0 Å². The van der Waals surface area contributed by atoms with Crippen molar-refractivity contribution in [1.82, 2.24) is 4.90 Å². The number of nitrogens with zero attached hydrogens (tertiary/aromatic N) is 1. The molecule has 0 saturated carbocycles. The Morgan fingerprint density at radius 2 is 2.11 bits per heavy atom. The van der Waals surface area contributed by atoms with E-state index in [0.29, 0.717) is 6.54 Å². The first-order valence-corrected chi connectivity index (χ1v) is 5.95. The van der Waals surface area contributed by atoms with Gasteiger partial charge in [-0.25, -0.2) is 4.79 Å². The van der Waals surface area contributed by atoms with E-state index in [0.717, 1.165) is 11.3 Å². The first-order valence-electron chi connectivity index (χ1n) is 5.95. The lowest BCUT2D eigenvalue weighted by atomic mass is 10.0. The Morgan fingerprint density at radius 1 is 1.44 bits per heavy atom. The van der Waals surface area contributed by atoms with Gasteiger partial charge in [-0.2, -0.15) is 0 Å². The van der Waals surface area contributed by atoms with Crippen LogP contribution in [0.5, 0.6) is 0 Å². The maximum absolute atomic E-state index is 12.2. The second-order valence-corrected chi connectivity index (χ2v) is 4.80. The highest BCUT2D eigenvalue weighted by Gasteiger charge is 2.34. The van der Waals surface area contributed by atoms with E-state index >= 15 is 0 Å². The minimum Gasteiger partial charge on any atom is -0.351 e. The second kappa shape index (κ2) is 4.68. The lowest BCUT2D eigenvalue weighted by Gasteiger charge is -2.29. The van der Waals surface area contributed by atoms with E-state index in [1.54, 1.807) is 0 Å². The molecule has 0 fully saturated rings. The smallest absolute Gasteiger partial charge is 0.315 e. The number of hydrogen-bond acceptors (Lipinski definition) is 2. The summed E-state index contributed by atoms with van der Waals surface area (Å²) < 4.78 is 0. The summed E-state index contributed by atoms with van der Waals surface area (Å²) in [6.07, 6.45) is 0. The zero-order valence-corrected chi connectivity index (χ0v) is 10.5. The van der Waals surface area contributed by atoms with Crippen molar-refractivity contribution in [2.75, 3.05) is 5.32 Å². The average Bonchev–Trinajstić information content (AvgIpc) is 2.44. The first-order chi connectivity index (χ1) is 8.50. The Kier molecular flexibility index (Phi) is 3.23. The van der Waals surface area contributed by atoms with Crippen molar-refractivity contribution in [1.29, 1.82) is 0 Å². The highest BCUT2D eigenvalue weighted by atomic mass is 16.2. The molecular formula is C13H17N3O2. The lowest BCUT2D eigenvalue weighted by Crippen LogP contribution is -2.50. The number of urea groups is 1. The van der Waals surface area contributed by atoms with E-state index in [1.165, 1.54) is 4.90 Å². The van der Waals surface area contributed by atoms with Gasteiger partial charge in [-0.3, -0.25) is 4.79 Å². The Balaban J connectivity index is 2.44. The Morgan fingerprint density at radius 3 is 2.72 bits per heavy atom. The zero-order valence-electron chi connectivity index (χ0n) is 10.5. The third-order valence-electron chi connectivity index (χ3n) is 3.13. The van der Waals surface area contributed by atoms with Crippen LogP contribution in [0.2, 0.25) is 0 Å². The van der Waals surface area contributed by atoms with Gasteiger partial charge in [0.15, 0.2) is 0 Å². The van der Waals surface area contributed by atoms with E-state index in [1.807, 2.05) is 38.1 Å². The molecule has 0 aliphatic carbocycles. The molecule has 0 aromatic heterocycles. The standard InChI is InChI=1S/C13H17N3O2/c1-8(2)11-12(17)15-10-6-4-3-5-9(10)7-16(11)13(14)18/h3-6,8,11H,7H2,1-2H3,(H2,14,18)(H,15,17)/t11-/m0/s1. The van der Waals surface area contributed by atoms with Gasteiger partial charge in [0, 0.05) is 5.69 Å². The molecular weight excluding hydrogens is 230 g/mol. The Bertz CT molecular complexity index is 485. The number of hydrogen-bond donors (Lipinski definition) is 2. The van der Waals surface area contributed by atoms with Crippen molar-refractivity contribution in [2.45, 2.75) is 26.4 Å². The quantitative estimate of drug-likeness (QED) is 0.790. The summed E-state index contributed by atoms with van der Waals surface area (Å²) in [5.74, 6) is -0.180. The molecule has 3 amide bonds. The van der Waals surface area contributed by atoms with E-state index in [4.69, 9.17) is 5.73 Å². The first kappa shape index (κ1) is 12.4. The molecule has 1 aliphatic heterocycles. The molecule has 96 valence electrons. The van der Waals surface area contributed by atoms with Gasteiger partial charge in [0.05, 0.1) is 6.54 Å². The van der Waals surface area contributed by atoms with Gasteiger partial charge in [-0.15, -0.1) is 0 Å². The summed E-state index contributed by atoms with van der Waals surface area (Å²) in [7, 11) is 0. The number of nitrogens with one attached hydrogen (secondary N) is 1. The molecule has 0 radical (unpaired) electrons. The van der Waals surface area contributed by atoms with E-state index in [-0.39, 0.29) is 11.8 Å². The lowest BCUT2D eigenvalue weighted by molar-refractivity contribution is -0.121. The van der Waals surface area contributed by atoms with Gasteiger partial charge in [0.2, 0.25) is 5.91 Å². The predicted molar refractivity (Wildman–Crippen MR) is 68.8 cm³/mol. The molecule has 3 N–H and O–H groups in total. The van der Waals surface area contributed by atoms with Crippen LogP contribution in [0.15, 0.2) is 24.3 Å². The fourth-order valence-electron chi connectivity index (χ4n) is 2.29. The number of amides is 3. The maximum Gasteiger partial charge on any atom is 0.315 e. The largest absolute Gasteiger partial charge is 0.351 e. The van der Waals surface area contributed by atoms with E-state index in [2.05, 4.69) is 5.32 Å². The molecule has 2 rings (SSSR count). The molecule has 1 aromatic carbocycles. The number of anilines is 1. The van der Waals surface area contributed by atoms with Crippen LogP contribution >= 0.6 is 0 Å². The summed E-state index contributed by atoms with van der Waals surface area (Å²) in [5.41, 5.74) is 7.03.